The van der Waals surface area contributed by atoms with Crippen LogP contribution in [0.3, 0.4) is 0 Å². The summed E-state index contributed by atoms with van der Waals surface area (Å²) in [6.07, 6.45) is 2.61. The first-order valence-corrected chi connectivity index (χ1v) is 8.79. The number of carbonyl (C=O) groups excluding carboxylic acids is 2. The van der Waals surface area contributed by atoms with E-state index in [-0.39, 0.29) is 11.8 Å². The maximum atomic E-state index is 12.6. The lowest BCUT2D eigenvalue weighted by Gasteiger charge is -2.13. The molecule has 1 heterocycles. The molecule has 0 saturated heterocycles. The third-order valence-corrected chi connectivity index (χ3v) is 4.22. The van der Waals surface area contributed by atoms with Gasteiger partial charge in [0.1, 0.15) is 0 Å². The lowest BCUT2D eigenvalue weighted by atomic mass is 10.1. The van der Waals surface area contributed by atoms with Crippen LogP contribution >= 0.6 is 0 Å². The summed E-state index contributed by atoms with van der Waals surface area (Å²) in [5, 5.41) is 5.76. The Morgan fingerprint density at radius 2 is 1.67 bits per heavy atom. The summed E-state index contributed by atoms with van der Waals surface area (Å²) in [7, 11) is 0. The highest BCUT2D eigenvalue weighted by Crippen LogP contribution is 2.20. The Hall–Kier alpha value is -3.47. The Kier molecular flexibility index (Phi) is 5.94. The number of para-hydroxylation sites is 1. The summed E-state index contributed by atoms with van der Waals surface area (Å²) in [6.45, 7) is 1.83. The molecule has 0 radical (unpaired) electrons. The molecule has 1 aromatic heterocycles. The Labute approximate surface area is 158 Å². The van der Waals surface area contributed by atoms with Crippen LogP contribution in [0.4, 0.5) is 11.4 Å². The molecule has 3 rings (SSSR count). The first-order valence-electron chi connectivity index (χ1n) is 8.79. The fraction of sp³-hybridized carbons (Fsp3) is 0.136. The minimum atomic E-state index is -0.205. The third-order valence-electron chi connectivity index (χ3n) is 4.22. The normalized spacial score (nSPS) is 10.3. The number of benzene rings is 2. The standard InChI is InChI=1S/C22H21N3O2/c1-16-19(22(27)24-18-9-3-2-4-10-18)11-7-12-20(16)25-21(26)14-13-17-8-5-6-15-23-17/h2-12,15H,13-14H2,1H3,(H,24,27)(H,25,26). The molecular weight excluding hydrogens is 338 g/mol. The predicted octanol–water partition coefficient (Wildman–Crippen LogP) is 4.21. The fourth-order valence-electron chi connectivity index (χ4n) is 2.74. The van der Waals surface area contributed by atoms with Crippen LogP contribution in [0.1, 0.15) is 28.0 Å². The molecule has 2 amide bonds. The van der Waals surface area contributed by atoms with Crippen LogP contribution in [0, 0.1) is 6.92 Å². The highest BCUT2D eigenvalue weighted by molar-refractivity contribution is 6.06. The van der Waals surface area contributed by atoms with Crippen molar-refractivity contribution in [3.63, 3.8) is 0 Å². The Bertz CT molecular complexity index is 925. The largest absolute Gasteiger partial charge is 0.326 e. The second kappa shape index (κ2) is 8.76. The van der Waals surface area contributed by atoms with Gasteiger partial charge in [-0.15, -0.1) is 0 Å². The smallest absolute Gasteiger partial charge is 0.256 e. The van der Waals surface area contributed by atoms with Crippen LogP contribution in [-0.2, 0) is 11.2 Å². The van der Waals surface area contributed by atoms with E-state index in [9.17, 15) is 9.59 Å². The van der Waals surface area contributed by atoms with Crippen LogP contribution in [0.2, 0.25) is 0 Å². The number of carbonyl (C=O) groups is 2. The fourth-order valence-corrected chi connectivity index (χ4v) is 2.74. The van der Waals surface area contributed by atoms with Crippen LogP contribution in [0.5, 0.6) is 0 Å². The Morgan fingerprint density at radius 1 is 0.889 bits per heavy atom. The molecule has 0 fully saturated rings. The molecule has 0 aliphatic heterocycles. The zero-order chi connectivity index (χ0) is 19.1. The second-order valence-electron chi connectivity index (χ2n) is 6.17. The molecular formula is C22H21N3O2. The number of pyridine rings is 1. The van der Waals surface area contributed by atoms with Crippen LogP contribution in [0.15, 0.2) is 72.9 Å². The summed E-state index contributed by atoms with van der Waals surface area (Å²) in [5.41, 5.74) is 3.51. The van der Waals surface area contributed by atoms with Crippen molar-refractivity contribution in [2.75, 3.05) is 10.6 Å². The summed E-state index contributed by atoms with van der Waals surface area (Å²) in [6, 6.07) is 20.2. The Balaban J connectivity index is 1.65. The monoisotopic (exact) mass is 359 g/mol. The topological polar surface area (TPSA) is 71.1 Å². The van der Waals surface area contributed by atoms with Crippen molar-refractivity contribution in [2.45, 2.75) is 19.8 Å². The minimum absolute atomic E-state index is 0.107. The molecule has 0 bridgehead atoms. The number of aryl methyl sites for hydroxylation is 1. The number of amides is 2. The van der Waals surface area contributed by atoms with E-state index in [1.807, 2.05) is 55.5 Å². The summed E-state index contributed by atoms with van der Waals surface area (Å²) >= 11 is 0. The van der Waals surface area contributed by atoms with E-state index >= 15 is 0 Å². The number of rotatable bonds is 6. The van der Waals surface area contributed by atoms with E-state index in [0.29, 0.717) is 24.1 Å². The molecule has 2 N–H and O–H groups in total. The number of hydrogen-bond donors (Lipinski definition) is 2. The molecule has 0 aliphatic rings. The molecule has 0 unspecified atom stereocenters. The number of nitrogens with one attached hydrogen (secondary N) is 2. The average molecular weight is 359 g/mol. The number of aromatic nitrogens is 1. The van der Waals surface area contributed by atoms with Gasteiger partial charge < -0.3 is 10.6 Å². The van der Waals surface area contributed by atoms with Crippen molar-refractivity contribution in [2.24, 2.45) is 0 Å². The van der Waals surface area contributed by atoms with E-state index in [0.717, 1.165) is 16.9 Å². The van der Waals surface area contributed by atoms with E-state index < -0.39 is 0 Å². The molecule has 0 aliphatic carbocycles. The van der Waals surface area contributed by atoms with Gasteiger partial charge in [0.15, 0.2) is 0 Å². The van der Waals surface area contributed by atoms with Crippen molar-refractivity contribution in [1.82, 2.24) is 4.98 Å². The van der Waals surface area contributed by atoms with Crippen molar-refractivity contribution in [3.05, 3.63) is 89.7 Å². The minimum Gasteiger partial charge on any atom is -0.326 e. The van der Waals surface area contributed by atoms with Gasteiger partial charge >= 0.3 is 0 Å². The van der Waals surface area contributed by atoms with Gasteiger partial charge in [0.2, 0.25) is 5.91 Å². The van der Waals surface area contributed by atoms with Gasteiger partial charge in [-0.3, -0.25) is 14.6 Å². The Morgan fingerprint density at radius 3 is 2.41 bits per heavy atom. The van der Waals surface area contributed by atoms with E-state index in [2.05, 4.69) is 15.6 Å². The van der Waals surface area contributed by atoms with Gasteiger partial charge in [-0.05, 0) is 55.3 Å². The van der Waals surface area contributed by atoms with Gasteiger partial charge in [-0.2, -0.15) is 0 Å². The molecule has 5 nitrogen and oxygen atoms in total. The van der Waals surface area contributed by atoms with Crippen molar-refractivity contribution < 1.29 is 9.59 Å². The molecule has 3 aromatic rings. The molecule has 2 aromatic carbocycles. The first-order chi connectivity index (χ1) is 13.1. The van der Waals surface area contributed by atoms with Gasteiger partial charge in [0.25, 0.3) is 5.91 Å². The SMILES string of the molecule is Cc1c(NC(=O)CCc2ccccn2)cccc1C(=O)Nc1ccccc1. The lowest BCUT2D eigenvalue weighted by molar-refractivity contribution is -0.116. The predicted molar refractivity (Wildman–Crippen MR) is 107 cm³/mol. The van der Waals surface area contributed by atoms with Gasteiger partial charge in [-0.1, -0.05) is 30.3 Å². The number of anilines is 2. The molecule has 27 heavy (non-hydrogen) atoms. The van der Waals surface area contributed by atoms with E-state index in [1.165, 1.54) is 0 Å². The second-order valence-corrected chi connectivity index (χ2v) is 6.17. The lowest BCUT2D eigenvalue weighted by Crippen LogP contribution is -2.17. The van der Waals surface area contributed by atoms with Crippen molar-refractivity contribution >= 4 is 23.2 Å². The number of hydrogen-bond acceptors (Lipinski definition) is 3. The zero-order valence-corrected chi connectivity index (χ0v) is 15.1. The van der Waals surface area contributed by atoms with Gasteiger partial charge in [0, 0.05) is 35.2 Å². The molecule has 0 saturated carbocycles. The average Bonchev–Trinajstić information content (AvgIpc) is 2.69. The van der Waals surface area contributed by atoms with Crippen LogP contribution in [-0.4, -0.2) is 16.8 Å². The highest BCUT2D eigenvalue weighted by atomic mass is 16.2. The summed E-state index contributed by atoms with van der Waals surface area (Å²) in [5.74, 6) is -0.312. The maximum Gasteiger partial charge on any atom is 0.256 e. The molecule has 136 valence electrons. The van der Waals surface area contributed by atoms with Crippen LogP contribution < -0.4 is 10.6 Å². The van der Waals surface area contributed by atoms with E-state index in [1.54, 1.807) is 24.4 Å². The summed E-state index contributed by atoms with van der Waals surface area (Å²) < 4.78 is 0. The molecule has 5 heteroatoms. The molecule has 0 atom stereocenters. The molecule has 0 spiro atoms. The van der Waals surface area contributed by atoms with Crippen molar-refractivity contribution in [1.29, 1.82) is 0 Å². The first kappa shape index (κ1) is 18.3. The van der Waals surface area contributed by atoms with Crippen LogP contribution in [0.25, 0.3) is 0 Å². The number of nitrogens with zero attached hydrogens (tertiary/aromatic N) is 1. The summed E-state index contributed by atoms with van der Waals surface area (Å²) in [4.78, 5) is 29.0. The van der Waals surface area contributed by atoms with Crippen molar-refractivity contribution in [3.8, 4) is 0 Å². The van der Waals surface area contributed by atoms with E-state index in [4.69, 9.17) is 0 Å². The third kappa shape index (κ3) is 5.01. The van der Waals surface area contributed by atoms with Gasteiger partial charge in [0.05, 0.1) is 0 Å². The quantitative estimate of drug-likeness (QED) is 0.692. The maximum absolute atomic E-state index is 12.6. The zero-order valence-electron chi connectivity index (χ0n) is 15.1. The van der Waals surface area contributed by atoms with Gasteiger partial charge in [-0.25, -0.2) is 0 Å². The highest BCUT2D eigenvalue weighted by Gasteiger charge is 2.13.